The highest BCUT2D eigenvalue weighted by Crippen LogP contribution is 2.29. The van der Waals surface area contributed by atoms with Crippen LogP contribution < -0.4 is 14.8 Å². The molecule has 2 rings (SSSR count). The number of benzene rings is 1. The molecular weight excluding hydrogens is 354 g/mol. The van der Waals surface area contributed by atoms with Crippen LogP contribution in [0.25, 0.3) is 0 Å². The summed E-state index contributed by atoms with van der Waals surface area (Å²) in [7, 11) is 4.33. The fourth-order valence-corrected chi connectivity index (χ4v) is 3.22. The van der Waals surface area contributed by atoms with Crippen molar-refractivity contribution in [2.24, 2.45) is 0 Å². The average Bonchev–Trinajstić information content (AvgIpc) is 3.06. The Morgan fingerprint density at radius 3 is 2.58 bits per heavy atom. The van der Waals surface area contributed by atoms with E-state index in [9.17, 15) is 9.59 Å². The minimum atomic E-state index is -0.355. The van der Waals surface area contributed by atoms with Crippen LogP contribution in [0.3, 0.4) is 0 Å². The highest BCUT2D eigenvalue weighted by molar-refractivity contribution is 8.01. The van der Waals surface area contributed by atoms with Gasteiger partial charge < -0.3 is 14.2 Å². The smallest absolute Gasteiger partial charge is 0.316 e. The topological polar surface area (TPSA) is 99.6 Å². The number of aromatic nitrogens is 2. The van der Waals surface area contributed by atoms with Crippen molar-refractivity contribution in [1.82, 2.24) is 10.2 Å². The quantitative estimate of drug-likeness (QED) is 0.450. The molecule has 1 amide bonds. The van der Waals surface area contributed by atoms with Crippen molar-refractivity contribution in [2.75, 3.05) is 32.4 Å². The number of amides is 1. The van der Waals surface area contributed by atoms with Gasteiger partial charge in [0, 0.05) is 5.56 Å². The molecule has 1 aromatic carbocycles. The Morgan fingerprint density at radius 2 is 1.92 bits per heavy atom. The summed E-state index contributed by atoms with van der Waals surface area (Å²) in [5.41, 5.74) is 0.395. The summed E-state index contributed by atoms with van der Waals surface area (Å²) < 4.78 is 15.4. The van der Waals surface area contributed by atoms with E-state index in [0.717, 1.165) is 0 Å². The molecule has 1 heterocycles. The summed E-state index contributed by atoms with van der Waals surface area (Å²) in [6.07, 6.45) is 0. The van der Waals surface area contributed by atoms with Crippen LogP contribution in [0.2, 0.25) is 0 Å². The zero-order chi connectivity index (χ0) is 17.5. The summed E-state index contributed by atoms with van der Waals surface area (Å²) in [4.78, 5) is 23.3. The number of methoxy groups -OCH3 is 3. The van der Waals surface area contributed by atoms with E-state index in [1.165, 1.54) is 44.4 Å². The Morgan fingerprint density at radius 1 is 1.17 bits per heavy atom. The lowest BCUT2D eigenvalue weighted by atomic mass is 10.2. The van der Waals surface area contributed by atoms with E-state index >= 15 is 0 Å². The number of esters is 1. The van der Waals surface area contributed by atoms with Crippen LogP contribution in [0.5, 0.6) is 11.5 Å². The second-order valence-electron chi connectivity index (χ2n) is 4.26. The largest absolute Gasteiger partial charge is 0.493 e. The van der Waals surface area contributed by atoms with E-state index < -0.39 is 0 Å². The second-order valence-corrected chi connectivity index (χ2v) is 6.46. The number of nitrogens with one attached hydrogen (secondary N) is 1. The molecule has 0 radical (unpaired) electrons. The number of rotatable bonds is 7. The molecule has 1 aromatic heterocycles. The molecule has 0 fully saturated rings. The van der Waals surface area contributed by atoms with E-state index in [1.807, 2.05) is 0 Å². The first-order valence-electron chi connectivity index (χ1n) is 6.64. The minimum absolute atomic E-state index is 0.134. The van der Waals surface area contributed by atoms with Crippen LogP contribution in [0, 0.1) is 0 Å². The van der Waals surface area contributed by atoms with Gasteiger partial charge in [-0.1, -0.05) is 23.1 Å². The van der Waals surface area contributed by atoms with Gasteiger partial charge in [-0.25, -0.2) is 0 Å². The number of hydrogen-bond acceptors (Lipinski definition) is 9. The third-order valence-corrected chi connectivity index (χ3v) is 4.76. The van der Waals surface area contributed by atoms with Crippen molar-refractivity contribution in [1.29, 1.82) is 0 Å². The predicted octanol–water partition coefficient (Wildman–Crippen LogP) is 2.07. The molecule has 0 aliphatic heterocycles. The Bertz CT molecular complexity index is 735. The lowest BCUT2D eigenvalue weighted by Gasteiger charge is -2.08. The molecule has 8 nitrogen and oxygen atoms in total. The fourth-order valence-electron chi connectivity index (χ4n) is 1.64. The van der Waals surface area contributed by atoms with E-state index in [4.69, 9.17) is 9.47 Å². The summed E-state index contributed by atoms with van der Waals surface area (Å²) in [6.45, 7) is 0. The molecule has 128 valence electrons. The van der Waals surface area contributed by atoms with Crippen molar-refractivity contribution in [3.05, 3.63) is 23.8 Å². The molecule has 0 saturated heterocycles. The SMILES string of the molecule is COC(=O)CSc1nnc(NC(=O)c2ccc(OC)c(OC)c2)s1. The molecule has 10 heteroatoms. The van der Waals surface area contributed by atoms with Crippen molar-refractivity contribution in [3.8, 4) is 11.5 Å². The molecule has 0 unspecified atom stereocenters. The van der Waals surface area contributed by atoms with Crippen LogP contribution in [-0.4, -0.2) is 49.2 Å². The summed E-state index contributed by atoms with van der Waals surface area (Å²) in [5, 5.41) is 10.7. The van der Waals surface area contributed by atoms with Gasteiger partial charge in [-0.2, -0.15) is 0 Å². The molecule has 0 saturated carbocycles. The molecule has 0 aliphatic carbocycles. The standard InChI is InChI=1S/C14H15N3O5S2/c1-20-9-5-4-8(6-10(9)21-2)12(19)15-13-16-17-14(24-13)23-7-11(18)22-3/h4-6H,7H2,1-3H3,(H,15,16,19). The molecule has 0 aliphatic rings. The van der Waals surface area contributed by atoms with Gasteiger partial charge >= 0.3 is 5.97 Å². The lowest BCUT2D eigenvalue weighted by Crippen LogP contribution is -2.11. The Balaban J connectivity index is 2.02. The van der Waals surface area contributed by atoms with Gasteiger partial charge in [0.1, 0.15) is 0 Å². The first kappa shape index (κ1) is 18.0. The highest BCUT2D eigenvalue weighted by atomic mass is 32.2. The van der Waals surface area contributed by atoms with Crippen molar-refractivity contribution in [3.63, 3.8) is 0 Å². The van der Waals surface area contributed by atoms with Gasteiger partial charge in [-0.05, 0) is 18.2 Å². The van der Waals surface area contributed by atoms with Crippen LogP contribution in [0.15, 0.2) is 22.5 Å². The number of hydrogen-bond donors (Lipinski definition) is 1. The predicted molar refractivity (Wildman–Crippen MR) is 90.1 cm³/mol. The Labute approximate surface area is 146 Å². The first-order valence-corrected chi connectivity index (χ1v) is 8.44. The molecule has 0 atom stereocenters. The second kappa shape index (κ2) is 8.50. The van der Waals surface area contributed by atoms with E-state index in [0.29, 0.717) is 26.5 Å². The zero-order valence-electron chi connectivity index (χ0n) is 13.2. The zero-order valence-corrected chi connectivity index (χ0v) is 14.8. The Kier molecular flexibility index (Phi) is 6.38. The lowest BCUT2D eigenvalue weighted by molar-refractivity contribution is -0.137. The average molecular weight is 369 g/mol. The number of carbonyl (C=O) groups is 2. The number of thioether (sulfide) groups is 1. The first-order chi connectivity index (χ1) is 11.6. The van der Waals surface area contributed by atoms with Crippen LogP contribution in [0.4, 0.5) is 5.13 Å². The number of ether oxygens (including phenoxy) is 3. The van der Waals surface area contributed by atoms with E-state index in [2.05, 4.69) is 20.3 Å². The van der Waals surface area contributed by atoms with Gasteiger partial charge in [-0.3, -0.25) is 14.9 Å². The molecule has 24 heavy (non-hydrogen) atoms. The maximum Gasteiger partial charge on any atom is 0.316 e. The highest BCUT2D eigenvalue weighted by Gasteiger charge is 2.14. The van der Waals surface area contributed by atoms with Crippen molar-refractivity contribution >= 4 is 40.1 Å². The maximum absolute atomic E-state index is 12.3. The van der Waals surface area contributed by atoms with E-state index in [-0.39, 0.29) is 17.6 Å². The summed E-state index contributed by atoms with van der Waals surface area (Å²) in [6, 6.07) is 4.83. The third kappa shape index (κ3) is 4.59. The van der Waals surface area contributed by atoms with E-state index in [1.54, 1.807) is 18.2 Å². The number of anilines is 1. The van der Waals surface area contributed by atoms with Gasteiger partial charge in [0.2, 0.25) is 5.13 Å². The van der Waals surface area contributed by atoms with Crippen molar-refractivity contribution < 1.29 is 23.8 Å². The van der Waals surface area contributed by atoms with Gasteiger partial charge in [0.15, 0.2) is 15.8 Å². The maximum atomic E-state index is 12.3. The summed E-state index contributed by atoms with van der Waals surface area (Å²) in [5.74, 6) is 0.417. The fraction of sp³-hybridized carbons (Fsp3) is 0.286. The van der Waals surface area contributed by atoms with Crippen LogP contribution in [0.1, 0.15) is 10.4 Å². The van der Waals surface area contributed by atoms with Gasteiger partial charge in [0.05, 0.1) is 27.1 Å². The van der Waals surface area contributed by atoms with Gasteiger partial charge in [0.25, 0.3) is 5.91 Å². The Hall–Kier alpha value is -2.33. The monoisotopic (exact) mass is 369 g/mol. The van der Waals surface area contributed by atoms with Crippen LogP contribution in [-0.2, 0) is 9.53 Å². The van der Waals surface area contributed by atoms with Crippen molar-refractivity contribution in [2.45, 2.75) is 4.34 Å². The molecular formula is C14H15N3O5S2. The molecule has 0 spiro atoms. The van der Waals surface area contributed by atoms with Crippen LogP contribution >= 0.6 is 23.1 Å². The summed E-state index contributed by atoms with van der Waals surface area (Å²) >= 11 is 2.36. The molecule has 1 N–H and O–H groups in total. The van der Waals surface area contributed by atoms with Gasteiger partial charge in [-0.15, -0.1) is 10.2 Å². The molecule has 0 bridgehead atoms. The third-order valence-electron chi connectivity index (χ3n) is 2.81. The number of carbonyl (C=O) groups excluding carboxylic acids is 2. The minimum Gasteiger partial charge on any atom is -0.493 e. The number of nitrogens with zero attached hydrogens (tertiary/aromatic N) is 2. The normalized spacial score (nSPS) is 10.1. The molecule has 2 aromatic rings.